The van der Waals surface area contributed by atoms with E-state index in [4.69, 9.17) is 5.11 Å². The molecule has 0 aromatic heterocycles. The molecule has 1 N–H and O–H groups in total. The first-order chi connectivity index (χ1) is 8.06. The first-order valence-electron chi connectivity index (χ1n) is 5.33. The summed E-state index contributed by atoms with van der Waals surface area (Å²) in [5, 5.41) is 8.50. The summed E-state index contributed by atoms with van der Waals surface area (Å²) in [6, 6.07) is 5.93. The molecule has 0 aliphatic rings. The van der Waals surface area contributed by atoms with Crippen molar-refractivity contribution in [2.45, 2.75) is 19.8 Å². The molecule has 5 heteroatoms. The van der Waals surface area contributed by atoms with Crippen molar-refractivity contribution in [3.8, 4) is 0 Å². The number of hydrogen-bond acceptors (Lipinski definition) is 2. The normalized spacial score (nSPS) is 10.0. The van der Waals surface area contributed by atoms with Crippen molar-refractivity contribution in [1.82, 2.24) is 0 Å². The van der Waals surface area contributed by atoms with Crippen LogP contribution in [0.5, 0.6) is 0 Å². The highest BCUT2D eigenvalue weighted by molar-refractivity contribution is 5.94. The van der Waals surface area contributed by atoms with Crippen LogP contribution in [-0.4, -0.2) is 23.5 Å². The van der Waals surface area contributed by atoms with Crippen molar-refractivity contribution in [2.24, 2.45) is 0 Å². The lowest BCUT2D eigenvalue weighted by Crippen LogP contribution is -2.31. The number of hydrogen-bond donors (Lipinski definition) is 1. The molecule has 1 amide bonds. The Hall–Kier alpha value is -1.91. The third-order valence-electron chi connectivity index (χ3n) is 2.31. The minimum absolute atomic E-state index is 0.127. The van der Waals surface area contributed by atoms with Crippen molar-refractivity contribution in [3.63, 3.8) is 0 Å². The Morgan fingerprint density at radius 3 is 2.47 bits per heavy atom. The van der Waals surface area contributed by atoms with Gasteiger partial charge in [0, 0.05) is 13.0 Å². The predicted octanol–water partition coefficient (Wildman–Crippen LogP) is 2.04. The Morgan fingerprint density at radius 2 is 1.94 bits per heavy atom. The molecule has 1 aromatic rings. The Kier molecular flexibility index (Phi) is 4.63. The number of carbonyl (C=O) groups is 2. The fourth-order valence-corrected chi connectivity index (χ4v) is 1.50. The maximum Gasteiger partial charge on any atom is 0.303 e. The van der Waals surface area contributed by atoms with Crippen molar-refractivity contribution in [1.29, 1.82) is 0 Å². The zero-order valence-electron chi connectivity index (χ0n) is 9.52. The number of halogens is 1. The number of benzene rings is 1. The molecule has 0 radical (unpaired) electrons. The summed E-state index contributed by atoms with van der Waals surface area (Å²) in [5.74, 6) is -1.92. The molecule has 0 spiro atoms. The summed E-state index contributed by atoms with van der Waals surface area (Å²) in [5.41, 5.74) is 0.186. The van der Waals surface area contributed by atoms with Crippen LogP contribution < -0.4 is 4.90 Å². The lowest BCUT2D eigenvalue weighted by Gasteiger charge is -2.21. The number of rotatable bonds is 5. The van der Waals surface area contributed by atoms with Gasteiger partial charge in [0.1, 0.15) is 5.82 Å². The summed E-state index contributed by atoms with van der Waals surface area (Å²) in [4.78, 5) is 23.3. The Labute approximate surface area is 98.7 Å². The first kappa shape index (κ1) is 13.2. The quantitative estimate of drug-likeness (QED) is 0.855. The van der Waals surface area contributed by atoms with Crippen LogP contribution in [0.1, 0.15) is 19.8 Å². The van der Waals surface area contributed by atoms with Gasteiger partial charge in [0.05, 0.1) is 12.1 Å². The molecule has 17 heavy (non-hydrogen) atoms. The molecule has 0 saturated carbocycles. The fraction of sp³-hybridized carbons (Fsp3) is 0.333. The van der Waals surface area contributed by atoms with E-state index in [1.165, 1.54) is 23.1 Å². The van der Waals surface area contributed by atoms with Crippen LogP contribution in [0, 0.1) is 5.82 Å². The summed E-state index contributed by atoms with van der Waals surface area (Å²) in [6.45, 7) is 2.02. The molecular weight excluding hydrogens is 225 g/mol. The number of carbonyl (C=O) groups excluding carboxylic acids is 1. The van der Waals surface area contributed by atoms with Crippen LogP contribution in [0.25, 0.3) is 0 Å². The number of nitrogens with zero attached hydrogens (tertiary/aromatic N) is 1. The highest BCUT2D eigenvalue weighted by Gasteiger charge is 2.17. The van der Waals surface area contributed by atoms with Gasteiger partial charge in [-0.3, -0.25) is 9.59 Å². The zero-order chi connectivity index (χ0) is 12.8. The standard InChI is InChI=1S/C12H14FNO3/c1-2-14(11(15)7-8-12(16)17)10-6-4-3-5-9(10)13/h3-6H,2,7-8H2,1H3,(H,16,17). The third kappa shape index (κ3) is 3.55. The lowest BCUT2D eigenvalue weighted by atomic mass is 10.2. The molecule has 0 atom stereocenters. The van der Waals surface area contributed by atoms with Gasteiger partial charge in [-0.25, -0.2) is 4.39 Å². The van der Waals surface area contributed by atoms with Gasteiger partial charge in [0.25, 0.3) is 0 Å². The molecule has 0 saturated heterocycles. The van der Waals surface area contributed by atoms with Crippen LogP contribution >= 0.6 is 0 Å². The minimum atomic E-state index is -1.04. The molecule has 0 aliphatic heterocycles. The van der Waals surface area contributed by atoms with Crippen LogP contribution in [-0.2, 0) is 9.59 Å². The van der Waals surface area contributed by atoms with Gasteiger partial charge >= 0.3 is 5.97 Å². The second kappa shape index (κ2) is 5.98. The first-order valence-corrected chi connectivity index (χ1v) is 5.33. The summed E-state index contributed by atoms with van der Waals surface area (Å²) in [6.07, 6.45) is -0.374. The molecule has 0 fully saturated rings. The van der Waals surface area contributed by atoms with Gasteiger partial charge in [-0.1, -0.05) is 12.1 Å². The van der Waals surface area contributed by atoms with Gasteiger partial charge in [-0.2, -0.15) is 0 Å². The van der Waals surface area contributed by atoms with E-state index in [2.05, 4.69) is 0 Å². The van der Waals surface area contributed by atoms with Crippen LogP contribution in [0.15, 0.2) is 24.3 Å². The number of para-hydroxylation sites is 1. The van der Waals surface area contributed by atoms with E-state index in [-0.39, 0.29) is 24.4 Å². The maximum absolute atomic E-state index is 13.5. The SMILES string of the molecule is CCN(C(=O)CCC(=O)O)c1ccccc1F. The summed E-state index contributed by atoms with van der Waals surface area (Å²) >= 11 is 0. The van der Waals surface area contributed by atoms with Crippen molar-refractivity contribution in [3.05, 3.63) is 30.1 Å². The Morgan fingerprint density at radius 1 is 1.29 bits per heavy atom. The van der Waals surface area contributed by atoms with Crippen LogP contribution in [0.4, 0.5) is 10.1 Å². The summed E-state index contributed by atoms with van der Waals surface area (Å²) < 4.78 is 13.5. The number of aliphatic carboxylic acids is 1. The largest absolute Gasteiger partial charge is 0.481 e. The van der Waals surface area contributed by atoms with Gasteiger partial charge < -0.3 is 10.0 Å². The maximum atomic E-state index is 13.5. The molecule has 0 unspecified atom stereocenters. The molecular formula is C12H14FNO3. The number of amides is 1. The molecule has 4 nitrogen and oxygen atoms in total. The van der Waals surface area contributed by atoms with Gasteiger partial charge in [-0.15, -0.1) is 0 Å². The van der Waals surface area contributed by atoms with Crippen molar-refractivity contribution in [2.75, 3.05) is 11.4 Å². The average molecular weight is 239 g/mol. The van der Waals surface area contributed by atoms with E-state index < -0.39 is 11.8 Å². The zero-order valence-corrected chi connectivity index (χ0v) is 9.52. The van der Waals surface area contributed by atoms with Crippen LogP contribution in [0.2, 0.25) is 0 Å². The van der Waals surface area contributed by atoms with E-state index in [0.29, 0.717) is 6.54 Å². The van der Waals surface area contributed by atoms with E-state index in [1.54, 1.807) is 13.0 Å². The second-order valence-electron chi connectivity index (χ2n) is 3.48. The Bertz CT molecular complexity index is 420. The number of carboxylic acids is 1. The highest BCUT2D eigenvalue weighted by Crippen LogP contribution is 2.19. The summed E-state index contributed by atoms with van der Waals surface area (Å²) in [7, 11) is 0. The third-order valence-corrected chi connectivity index (χ3v) is 2.31. The smallest absolute Gasteiger partial charge is 0.303 e. The predicted molar refractivity (Wildman–Crippen MR) is 61.3 cm³/mol. The van der Waals surface area contributed by atoms with Gasteiger partial charge in [0.2, 0.25) is 5.91 Å². The topological polar surface area (TPSA) is 57.6 Å². The number of anilines is 1. The highest BCUT2D eigenvalue weighted by atomic mass is 19.1. The van der Waals surface area contributed by atoms with Crippen LogP contribution in [0.3, 0.4) is 0 Å². The fourth-order valence-electron chi connectivity index (χ4n) is 1.50. The molecule has 1 aromatic carbocycles. The van der Waals surface area contributed by atoms with Crippen molar-refractivity contribution < 1.29 is 19.1 Å². The van der Waals surface area contributed by atoms with E-state index in [0.717, 1.165) is 0 Å². The van der Waals surface area contributed by atoms with Gasteiger partial charge in [0.15, 0.2) is 0 Å². The molecule has 0 heterocycles. The minimum Gasteiger partial charge on any atom is -0.481 e. The lowest BCUT2D eigenvalue weighted by molar-refractivity contribution is -0.138. The molecule has 92 valence electrons. The van der Waals surface area contributed by atoms with Crippen molar-refractivity contribution >= 4 is 17.6 Å². The molecule has 0 bridgehead atoms. The average Bonchev–Trinajstić information content (AvgIpc) is 2.30. The van der Waals surface area contributed by atoms with E-state index >= 15 is 0 Å². The van der Waals surface area contributed by atoms with E-state index in [9.17, 15) is 14.0 Å². The van der Waals surface area contributed by atoms with Gasteiger partial charge in [-0.05, 0) is 19.1 Å². The monoisotopic (exact) mass is 239 g/mol. The Balaban J connectivity index is 2.81. The number of carboxylic acid groups (broad SMARTS) is 1. The second-order valence-corrected chi connectivity index (χ2v) is 3.48. The van der Waals surface area contributed by atoms with E-state index in [1.807, 2.05) is 0 Å². The molecule has 1 rings (SSSR count). The molecule has 0 aliphatic carbocycles.